The zero-order valence-corrected chi connectivity index (χ0v) is 12.1. The van der Waals surface area contributed by atoms with Crippen LogP contribution in [0.15, 0.2) is 24.3 Å². The molecule has 3 rings (SSSR count). The fourth-order valence-corrected chi connectivity index (χ4v) is 3.89. The molecule has 2 aliphatic rings. The van der Waals surface area contributed by atoms with E-state index >= 15 is 0 Å². The van der Waals surface area contributed by atoms with Crippen LogP contribution in [0.1, 0.15) is 30.7 Å². The highest BCUT2D eigenvalue weighted by Crippen LogP contribution is 2.47. The second kappa shape index (κ2) is 5.22. The number of benzene rings is 1. The minimum absolute atomic E-state index is 0.200. The fourth-order valence-electron chi connectivity index (χ4n) is 3.89. The van der Waals surface area contributed by atoms with E-state index in [1.54, 1.807) is 12.1 Å². The second-order valence-corrected chi connectivity index (χ2v) is 6.28. The molecule has 0 radical (unpaired) electrons. The van der Waals surface area contributed by atoms with E-state index in [0.717, 1.165) is 24.9 Å². The normalized spacial score (nSPS) is 30.5. The van der Waals surface area contributed by atoms with Crippen LogP contribution in [0.2, 0.25) is 0 Å². The number of carbonyl (C=O) groups is 2. The molecule has 0 aromatic heterocycles. The number of hydrogen-bond donors (Lipinski definition) is 1. The van der Waals surface area contributed by atoms with E-state index in [2.05, 4.69) is 10.2 Å². The number of carbonyl (C=O) groups excluding carboxylic acids is 2. The standard InChI is InChI=1S/C16H19FN2O2/c1-19-8-2-7-16(10-19)9-13(20)18-15(21)14(16)11-3-5-12(17)6-4-11/h3-6,14H,2,7-10H2,1H3,(H,18,20,21). The molecular formula is C16H19FN2O2. The van der Waals surface area contributed by atoms with Gasteiger partial charge in [-0.15, -0.1) is 0 Å². The predicted molar refractivity (Wildman–Crippen MR) is 76.1 cm³/mol. The van der Waals surface area contributed by atoms with E-state index in [4.69, 9.17) is 0 Å². The summed E-state index contributed by atoms with van der Waals surface area (Å²) in [7, 11) is 2.01. The Balaban J connectivity index is 2.02. The molecule has 0 aliphatic carbocycles. The maximum Gasteiger partial charge on any atom is 0.234 e. The molecule has 1 aromatic rings. The molecule has 21 heavy (non-hydrogen) atoms. The van der Waals surface area contributed by atoms with Crippen LogP contribution in [0.3, 0.4) is 0 Å². The minimum atomic E-state index is -0.390. The number of piperidine rings is 2. The zero-order chi connectivity index (χ0) is 15.0. The van der Waals surface area contributed by atoms with E-state index in [1.807, 2.05) is 7.05 Å². The number of halogens is 1. The van der Waals surface area contributed by atoms with Crippen molar-refractivity contribution in [3.63, 3.8) is 0 Å². The van der Waals surface area contributed by atoms with Gasteiger partial charge in [0.25, 0.3) is 0 Å². The molecule has 2 saturated heterocycles. The first kappa shape index (κ1) is 14.2. The van der Waals surface area contributed by atoms with Gasteiger partial charge in [0.05, 0.1) is 5.92 Å². The lowest BCUT2D eigenvalue weighted by Gasteiger charge is -2.48. The Bertz CT molecular complexity index is 572. The first-order valence-electron chi connectivity index (χ1n) is 7.28. The highest BCUT2D eigenvalue weighted by Gasteiger charge is 2.50. The molecule has 2 aliphatic heterocycles. The summed E-state index contributed by atoms with van der Waals surface area (Å²) in [5, 5.41) is 2.44. The lowest BCUT2D eigenvalue weighted by molar-refractivity contribution is -0.142. The van der Waals surface area contributed by atoms with Gasteiger partial charge in [0.2, 0.25) is 11.8 Å². The maximum atomic E-state index is 13.1. The van der Waals surface area contributed by atoms with Crippen LogP contribution >= 0.6 is 0 Å². The predicted octanol–water partition coefficient (Wildman–Crippen LogP) is 1.67. The van der Waals surface area contributed by atoms with Gasteiger partial charge in [0, 0.05) is 18.4 Å². The van der Waals surface area contributed by atoms with Crippen LogP contribution in [0.4, 0.5) is 4.39 Å². The van der Waals surface area contributed by atoms with Gasteiger partial charge in [-0.3, -0.25) is 14.9 Å². The average Bonchev–Trinajstić information content (AvgIpc) is 2.39. The van der Waals surface area contributed by atoms with Crippen LogP contribution in [0, 0.1) is 11.2 Å². The number of hydrogen-bond acceptors (Lipinski definition) is 3. The Labute approximate surface area is 123 Å². The first-order valence-corrected chi connectivity index (χ1v) is 7.28. The molecule has 2 fully saturated rings. The number of nitrogens with zero attached hydrogens (tertiary/aromatic N) is 1. The molecule has 1 spiro atoms. The third-order valence-corrected chi connectivity index (χ3v) is 4.65. The lowest BCUT2D eigenvalue weighted by atomic mass is 9.63. The molecule has 1 N–H and O–H groups in total. The third-order valence-electron chi connectivity index (χ3n) is 4.65. The minimum Gasteiger partial charge on any atom is -0.306 e. The summed E-state index contributed by atoms with van der Waals surface area (Å²) in [5.41, 5.74) is 0.418. The van der Waals surface area contributed by atoms with Gasteiger partial charge in [0.1, 0.15) is 5.82 Å². The van der Waals surface area contributed by atoms with Gasteiger partial charge in [-0.1, -0.05) is 12.1 Å². The summed E-state index contributed by atoms with van der Waals surface area (Å²) < 4.78 is 13.1. The van der Waals surface area contributed by atoms with Crippen LogP contribution in [0.25, 0.3) is 0 Å². The number of imide groups is 1. The van der Waals surface area contributed by atoms with E-state index < -0.39 is 5.92 Å². The van der Waals surface area contributed by atoms with Crippen LogP contribution in [0.5, 0.6) is 0 Å². The van der Waals surface area contributed by atoms with Gasteiger partial charge >= 0.3 is 0 Å². The molecule has 5 heteroatoms. The van der Waals surface area contributed by atoms with Crippen molar-refractivity contribution < 1.29 is 14.0 Å². The van der Waals surface area contributed by atoms with Crippen molar-refractivity contribution in [1.82, 2.24) is 10.2 Å². The van der Waals surface area contributed by atoms with Gasteiger partial charge in [-0.2, -0.15) is 0 Å². The Morgan fingerprint density at radius 3 is 2.67 bits per heavy atom. The van der Waals surface area contributed by atoms with Gasteiger partial charge < -0.3 is 4.90 Å². The smallest absolute Gasteiger partial charge is 0.234 e. The van der Waals surface area contributed by atoms with Gasteiger partial charge in [-0.25, -0.2) is 4.39 Å². The van der Waals surface area contributed by atoms with Crippen LogP contribution in [-0.4, -0.2) is 36.9 Å². The number of nitrogens with one attached hydrogen (secondary N) is 1. The zero-order valence-electron chi connectivity index (χ0n) is 12.1. The molecule has 0 saturated carbocycles. The summed E-state index contributed by atoms with van der Waals surface area (Å²) >= 11 is 0. The van der Waals surface area contributed by atoms with Gasteiger partial charge in [-0.05, 0) is 44.1 Å². The molecule has 2 heterocycles. The Morgan fingerprint density at radius 2 is 2.00 bits per heavy atom. The summed E-state index contributed by atoms with van der Waals surface area (Å²) in [5.74, 6) is -1.17. The first-order chi connectivity index (χ1) is 10.00. The van der Waals surface area contributed by atoms with Crippen molar-refractivity contribution >= 4 is 11.8 Å². The summed E-state index contributed by atoms with van der Waals surface area (Å²) in [6.07, 6.45) is 2.17. The molecule has 1 aromatic carbocycles. The summed E-state index contributed by atoms with van der Waals surface area (Å²) in [6.45, 7) is 1.70. The Kier molecular flexibility index (Phi) is 3.53. The molecule has 2 unspecified atom stereocenters. The summed E-state index contributed by atoms with van der Waals surface area (Å²) in [4.78, 5) is 26.5. The monoisotopic (exact) mass is 290 g/mol. The molecule has 0 bridgehead atoms. The third kappa shape index (κ3) is 2.58. The fraction of sp³-hybridized carbons (Fsp3) is 0.500. The quantitative estimate of drug-likeness (QED) is 0.800. The maximum absolute atomic E-state index is 13.1. The lowest BCUT2D eigenvalue weighted by Crippen LogP contribution is -2.56. The van der Waals surface area contributed by atoms with E-state index in [-0.39, 0.29) is 23.0 Å². The molecule has 2 atom stereocenters. The van der Waals surface area contributed by atoms with Crippen LogP contribution < -0.4 is 5.32 Å². The Hall–Kier alpha value is -1.75. The SMILES string of the molecule is CN1CCCC2(CC(=O)NC(=O)C2c2ccc(F)cc2)C1. The number of amides is 2. The van der Waals surface area contributed by atoms with E-state index in [1.165, 1.54) is 12.1 Å². The molecular weight excluding hydrogens is 271 g/mol. The highest BCUT2D eigenvalue weighted by atomic mass is 19.1. The number of likely N-dealkylation sites (tertiary alicyclic amines) is 1. The van der Waals surface area contributed by atoms with Crippen molar-refractivity contribution in [3.8, 4) is 0 Å². The van der Waals surface area contributed by atoms with Gasteiger partial charge in [0.15, 0.2) is 0 Å². The topological polar surface area (TPSA) is 49.4 Å². The summed E-state index contributed by atoms with van der Waals surface area (Å²) in [6, 6.07) is 6.07. The highest BCUT2D eigenvalue weighted by molar-refractivity contribution is 6.02. The molecule has 2 amide bonds. The van der Waals surface area contributed by atoms with Crippen molar-refractivity contribution in [3.05, 3.63) is 35.6 Å². The largest absolute Gasteiger partial charge is 0.306 e. The van der Waals surface area contributed by atoms with Crippen LogP contribution in [-0.2, 0) is 9.59 Å². The van der Waals surface area contributed by atoms with Crippen molar-refractivity contribution in [1.29, 1.82) is 0 Å². The molecule has 4 nitrogen and oxygen atoms in total. The average molecular weight is 290 g/mol. The van der Waals surface area contributed by atoms with Crippen molar-refractivity contribution in [2.24, 2.45) is 5.41 Å². The van der Waals surface area contributed by atoms with E-state index in [0.29, 0.717) is 13.0 Å². The van der Waals surface area contributed by atoms with E-state index in [9.17, 15) is 14.0 Å². The molecule has 112 valence electrons. The van der Waals surface area contributed by atoms with Crippen molar-refractivity contribution in [2.45, 2.75) is 25.2 Å². The van der Waals surface area contributed by atoms with Crippen molar-refractivity contribution in [2.75, 3.05) is 20.1 Å². The second-order valence-electron chi connectivity index (χ2n) is 6.28. The number of rotatable bonds is 1. The Morgan fingerprint density at radius 1 is 1.29 bits per heavy atom.